The van der Waals surface area contributed by atoms with Crippen LogP contribution in [0.3, 0.4) is 0 Å². The maximum absolute atomic E-state index is 12.9. The van der Waals surface area contributed by atoms with Gasteiger partial charge in [0.2, 0.25) is 29.9 Å². The predicted molar refractivity (Wildman–Crippen MR) is 157 cm³/mol. The van der Waals surface area contributed by atoms with Crippen molar-refractivity contribution in [1.82, 2.24) is 10.2 Å². The Morgan fingerprint density at radius 2 is 1.84 bits per heavy atom. The number of anilines is 1. The summed E-state index contributed by atoms with van der Waals surface area (Å²) in [5, 5.41) is 24.7. The Morgan fingerprint density at radius 1 is 1.13 bits per heavy atom. The molecule has 3 rings (SSSR count). The Labute approximate surface area is 260 Å². The molecule has 2 heterocycles. The van der Waals surface area contributed by atoms with Gasteiger partial charge in [-0.25, -0.2) is 4.79 Å². The number of imide groups is 1. The molecule has 0 spiro atoms. The van der Waals surface area contributed by atoms with Gasteiger partial charge < -0.3 is 40.8 Å². The zero-order chi connectivity index (χ0) is 33.4. The second-order valence-corrected chi connectivity index (χ2v) is 11.7. The number of likely N-dealkylation sites (tertiary alicyclic amines) is 1. The number of nitrogens with one attached hydrogen (secondary N) is 2. The van der Waals surface area contributed by atoms with Crippen molar-refractivity contribution in [3.05, 3.63) is 23.8 Å². The van der Waals surface area contributed by atoms with Gasteiger partial charge >= 0.3 is 11.9 Å². The van der Waals surface area contributed by atoms with Gasteiger partial charge in [0.05, 0.1) is 17.7 Å². The van der Waals surface area contributed by atoms with Crippen LogP contribution in [-0.4, -0.2) is 88.3 Å². The van der Waals surface area contributed by atoms with Gasteiger partial charge in [-0.2, -0.15) is 0 Å². The lowest BCUT2D eigenvalue weighted by Crippen LogP contribution is -2.53. The summed E-state index contributed by atoms with van der Waals surface area (Å²) >= 11 is 0. The van der Waals surface area contributed by atoms with Crippen molar-refractivity contribution in [2.75, 3.05) is 18.4 Å². The highest BCUT2D eigenvalue weighted by Crippen LogP contribution is 2.31. The third-order valence-corrected chi connectivity index (χ3v) is 7.48. The number of esters is 1. The van der Waals surface area contributed by atoms with Crippen molar-refractivity contribution in [1.29, 1.82) is 0 Å². The quantitative estimate of drug-likeness (QED) is 0.140. The Kier molecular flexibility index (Phi) is 12.4. The number of ether oxygens (including phenoxy) is 3. The first kappa shape index (κ1) is 35.4. The summed E-state index contributed by atoms with van der Waals surface area (Å²) in [6.45, 7) is 6.48. The molecule has 0 saturated carbocycles. The molecule has 0 aromatic heterocycles. The Balaban J connectivity index is 1.67. The van der Waals surface area contributed by atoms with E-state index in [9.17, 15) is 39.0 Å². The van der Waals surface area contributed by atoms with Crippen molar-refractivity contribution >= 4 is 41.3 Å². The van der Waals surface area contributed by atoms with E-state index < -0.39 is 66.0 Å². The Bertz CT molecular complexity index is 1280. The van der Waals surface area contributed by atoms with E-state index in [1.54, 1.807) is 19.9 Å². The van der Waals surface area contributed by atoms with Gasteiger partial charge in [-0.05, 0) is 23.6 Å². The fourth-order valence-electron chi connectivity index (χ4n) is 4.91. The van der Waals surface area contributed by atoms with Crippen molar-refractivity contribution < 1.29 is 53.2 Å². The van der Waals surface area contributed by atoms with E-state index in [0.717, 1.165) is 4.90 Å². The van der Waals surface area contributed by atoms with Crippen LogP contribution in [0.25, 0.3) is 0 Å². The zero-order valence-corrected chi connectivity index (χ0v) is 25.8. The molecule has 2 saturated heterocycles. The highest BCUT2D eigenvalue weighted by molar-refractivity contribution is 6.07. The maximum atomic E-state index is 12.9. The number of amides is 4. The third kappa shape index (κ3) is 9.45. The molecule has 15 nitrogen and oxygen atoms in total. The van der Waals surface area contributed by atoms with Crippen LogP contribution < -0.4 is 21.1 Å². The number of rotatable bonds is 14. The van der Waals surface area contributed by atoms with Crippen molar-refractivity contribution in [3.8, 4) is 5.75 Å². The second kappa shape index (κ2) is 15.8. The van der Waals surface area contributed by atoms with Gasteiger partial charge in [-0.1, -0.05) is 33.8 Å². The fraction of sp³-hybridized carbons (Fsp3) is 0.600. The monoisotopic (exact) mass is 634 g/mol. The van der Waals surface area contributed by atoms with Crippen molar-refractivity contribution in [3.63, 3.8) is 0 Å². The Morgan fingerprint density at radius 3 is 2.44 bits per heavy atom. The number of carboxylic acids is 1. The lowest BCUT2D eigenvalue weighted by molar-refractivity contribution is -0.195. The number of carbonyl (C=O) groups is 6. The highest BCUT2D eigenvalue weighted by Gasteiger charge is 2.45. The van der Waals surface area contributed by atoms with E-state index in [1.807, 2.05) is 13.8 Å². The standard InChI is InChI=1S/C30H42N4O11/c1-15(2)19-12-25(37)34(28(19)39)21(13-31)27(38)32-8-7-24(36)33-20-9-17(14-43-30(42)16(3)4)5-6-22(20)44-26-11-18(35)10-23(45-26)29(40)41/h5-6,9,15-16,18-19,21,23,26,35H,7-8,10-14,31H2,1-4H3,(H,32,38)(H,33,36)(H,40,41). The van der Waals surface area contributed by atoms with E-state index in [2.05, 4.69) is 10.6 Å². The van der Waals surface area contributed by atoms with Crippen LogP contribution in [0.5, 0.6) is 5.75 Å². The summed E-state index contributed by atoms with van der Waals surface area (Å²) in [6, 6.07) is 3.37. The third-order valence-electron chi connectivity index (χ3n) is 7.48. The number of hydrogen-bond acceptors (Lipinski definition) is 11. The zero-order valence-electron chi connectivity index (χ0n) is 25.8. The minimum absolute atomic E-state index is 0.00461. The number of aliphatic hydroxyl groups excluding tert-OH is 1. The summed E-state index contributed by atoms with van der Waals surface area (Å²) in [6.07, 6.45) is -3.73. The molecule has 0 aliphatic carbocycles. The molecule has 4 amide bonds. The van der Waals surface area contributed by atoms with Gasteiger partial charge in [0.1, 0.15) is 18.4 Å². The van der Waals surface area contributed by atoms with Crippen LogP contribution >= 0.6 is 0 Å². The first-order chi connectivity index (χ1) is 21.2. The van der Waals surface area contributed by atoms with Crippen LogP contribution in [-0.2, 0) is 44.8 Å². The topological polar surface area (TPSA) is 224 Å². The maximum Gasteiger partial charge on any atom is 0.333 e. The first-order valence-corrected chi connectivity index (χ1v) is 14.9. The molecule has 0 bridgehead atoms. The molecule has 5 atom stereocenters. The molecular formula is C30H42N4O11. The number of carboxylic acid groups (broad SMARTS) is 1. The summed E-state index contributed by atoms with van der Waals surface area (Å²) < 4.78 is 16.5. The van der Waals surface area contributed by atoms with E-state index in [1.165, 1.54) is 12.1 Å². The molecule has 5 unspecified atom stereocenters. The van der Waals surface area contributed by atoms with Crippen molar-refractivity contribution in [2.45, 2.75) is 84.5 Å². The summed E-state index contributed by atoms with van der Waals surface area (Å²) in [5.41, 5.74) is 6.40. The number of aliphatic hydroxyl groups is 1. The molecule has 2 aliphatic rings. The molecule has 15 heteroatoms. The predicted octanol–water partition coefficient (Wildman–Crippen LogP) is 0.518. The summed E-state index contributed by atoms with van der Waals surface area (Å²) in [4.78, 5) is 75.3. The van der Waals surface area contributed by atoms with Gasteiger partial charge in [-0.3, -0.25) is 28.9 Å². The van der Waals surface area contributed by atoms with E-state index in [0.29, 0.717) is 5.56 Å². The largest absolute Gasteiger partial charge is 0.479 e. The van der Waals surface area contributed by atoms with Crippen LogP contribution in [0.15, 0.2) is 18.2 Å². The molecule has 45 heavy (non-hydrogen) atoms. The molecule has 2 fully saturated rings. The van der Waals surface area contributed by atoms with E-state index >= 15 is 0 Å². The van der Waals surface area contributed by atoms with Gasteiger partial charge in [0.15, 0.2) is 6.10 Å². The van der Waals surface area contributed by atoms with Crippen LogP contribution in [0.1, 0.15) is 58.9 Å². The molecule has 248 valence electrons. The fourth-order valence-corrected chi connectivity index (χ4v) is 4.91. The summed E-state index contributed by atoms with van der Waals surface area (Å²) in [5.74, 6) is -4.68. The average molecular weight is 635 g/mol. The highest BCUT2D eigenvalue weighted by atomic mass is 16.7. The van der Waals surface area contributed by atoms with E-state index in [-0.39, 0.29) is 68.7 Å². The minimum Gasteiger partial charge on any atom is -0.479 e. The smallest absolute Gasteiger partial charge is 0.333 e. The lowest BCUT2D eigenvalue weighted by Gasteiger charge is -2.31. The van der Waals surface area contributed by atoms with Crippen LogP contribution in [0, 0.1) is 17.8 Å². The molecule has 1 aromatic carbocycles. The van der Waals surface area contributed by atoms with Gasteiger partial charge in [-0.15, -0.1) is 0 Å². The minimum atomic E-state index is -1.28. The van der Waals surface area contributed by atoms with Gasteiger partial charge in [0.25, 0.3) is 0 Å². The SMILES string of the molecule is CC(C)C(=O)OCc1ccc(OC2CC(O)CC(C(=O)O)O2)c(NC(=O)CCNC(=O)C(CN)N2C(=O)CC(C(C)C)C2=O)c1. The molecule has 6 N–H and O–H groups in total. The average Bonchev–Trinajstić information content (AvgIpc) is 3.26. The number of nitrogens with zero attached hydrogens (tertiary/aromatic N) is 1. The number of carbonyl (C=O) groups excluding carboxylic acids is 5. The van der Waals surface area contributed by atoms with Crippen LogP contribution in [0.4, 0.5) is 5.69 Å². The number of nitrogens with two attached hydrogens (primary N) is 1. The van der Waals surface area contributed by atoms with Gasteiger partial charge in [0, 0.05) is 44.7 Å². The second-order valence-electron chi connectivity index (χ2n) is 11.7. The molecular weight excluding hydrogens is 592 g/mol. The molecule has 0 radical (unpaired) electrons. The Hall–Kier alpha value is -4.08. The van der Waals surface area contributed by atoms with E-state index in [4.69, 9.17) is 19.9 Å². The summed E-state index contributed by atoms with van der Waals surface area (Å²) in [7, 11) is 0. The molecule has 2 aliphatic heterocycles. The number of aliphatic carboxylic acids is 1. The van der Waals surface area contributed by atoms with Crippen molar-refractivity contribution in [2.24, 2.45) is 23.5 Å². The number of benzene rings is 1. The molecule has 1 aromatic rings. The van der Waals surface area contributed by atoms with Crippen LogP contribution in [0.2, 0.25) is 0 Å². The lowest BCUT2D eigenvalue weighted by atomic mass is 9.94. The first-order valence-electron chi connectivity index (χ1n) is 14.9. The normalized spacial score (nSPS) is 22.4. The number of hydrogen-bond donors (Lipinski definition) is 5.